The Balaban J connectivity index is 1.49. The van der Waals surface area contributed by atoms with Gasteiger partial charge in [0, 0.05) is 54.9 Å². The number of ether oxygens (including phenoxy) is 1. The number of nitrogens with zero attached hydrogens (tertiary/aromatic N) is 2. The number of fused-ring (bicyclic) bond motifs is 1. The summed E-state index contributed by atoms with van der Waals surface area (Å²) in [6.45, 7) is 1.27. The van der Waals surface area contributed by atoms with E-state index < -0.39 is 0 Å². The highest BCUT2D eigenvalue weighted by Gasteiger charge is 2.06. The van der Waals surface area contributed by atoms with E-state index in [0.717, 1.165) is 28.8 Å². The third-order valence-corrected chi connectivity index (χ3v) is 3.99. The first-order chi connectivity index (χ1) is 11.8. The number of aromatic nitrogens is 2. The lowest BCUT2D eigenvalue weighted by molar-refractivity contribution is -0.121. The van der Waals surface area contributed by atoms with E-state index in [2.05, 4.69) is 14.9 Å². The van der Waals surface area contributed by atoms with Crippen molar-refractivity contribution in [3.8, 4) is 5.75 Å². The molecule has 3 rings (SSSR count). The maximum atomic E-state index is 12.0. The summed E-state index contributed by atoms with van der Waals surface area (Å²) in [5.74, 6) is 0.897. The standard InChI is InChI=1S/C19H21N3O2/c1-24-17-5-6-18-15(14-17)8-12-22(18)13-9-19(23)21-11-7-16-4-2-3-10-20-16/h2-6,8,10,12,14H,7,9,11,13H2,1H3,(H,21,23). The third kappa shape index (κ3) is 3.93. The smallest absolute Gasteiger partial charge is 0.221 e. The van der Waals surface area contributed by atoms with Gasteiger partial charge < -0.3 is 14.6 Å². The molecule has 24 heavy (non-hydrogen) atoms. The molecule has 0 saturated carbocycles. The van der Waals surface area contributed by atoms with Gasteiger partial charge in [0.25, 0.3) is 0 Å². The molecule has 2 aromatic heterocycles. The van der Waals surface area contributed by atoms with E-state index in [-0.39, 0.29) is 5.91 Å². The van der Waals surface area contributed by atoms with Gasteiger partial charge in [-0.3, -0.25) is 9.78 Å². The summed E-state index contributed by atoms with van der Waals surface area (Å²) in [6.07, 6.45) is 4.98. The molecule has 3 aromatic rings. The van der Waals surface area contributed by atoms with Crippen LogP contribution in [0.15, 0.2) is 54.9 Å². The number of aryl methyl sites for hydroxylation is 1. The molecule has 0 aliphatic carbocycles. The molecule has 5 heteroatoms. The Hall–Kier alpha value is -2.82. The SMILES string of the molecule is COc1ccc2c(ccn2CCC(=O)NCCc2ccccn2)c1. The topological polar surface area (TPSA) is 56.1 Å². The predicted octanol–water partition coefficient (Wildman–Crippen LogP) is 2.79. The van der Waals surface area contributed by atoms with Crippen LogP contribution in [0.4, 0.5) is 0 Å². The number of nitrogens with one attached hydrogen (secondary N) is 1. The van der Waals surface area contributed by atoms with Gasteiger partial charge in [0.1, 0.15) is 5.75 Å². The molecule has 0 aliphatic heterocycles. The number of carbonyl (C=O) groups excluding carboxylic acids is 1. The van der Waals surface area contributed by atoms with Crippen molar-refractivity contribution in [1.29, 1.82) is 0 Å². The number of carbonyl (C=O) groups is 1. The van der Waals surface area contributed by atoms with Crippen molar-refractivity contribution < 1.29 is 9.53 Å². The number of benzene rings is 1. The van der Waals surface area contributed by atoms with Crippen LogP contribution in [-0.4, -0.2) is 29.1 Å². The first-order valence-corrected chi connectivity index (χ1v) is 8.06. The number of hydrogen-bond donors (Lipinski definition) is 1. The van der Waals surface area contributed by atoms with E-state index in [1.54, 1.807) is 13.3 Å². The molecule has 124 valence electrons. The Labute approximate surface area is 141 Å². The molecule has 1 N–H and O–H groups in total. The van der Waals surface area contributed by atoms with Crippen LogP contribution in [0.25, 0.3) is 10.9 Å². The van der Waals surface area contributed by atoms with Crippen molar-refractivity contribution in [3.63, 3.8) is 0 Å². The van der Waals surface area contributed by atoms with E-state index in [4.69, 9.17) is 4.74 Å². The molecule has 0 saturated heterocycles. The molecule has 0 bridgehead atoms. The number of hydrogen-bond acceptors (Lipinski definition) is 3. The molecule has 2 heterocycles. The summed E-state index contributed by atoms with van der Waals surface area (Å²) in [7, 11) is 1.66. The highest BCUT2D eigenvalue weighted by molar-refractivity contribution is 5.82. The molecule has 0 radical (unpaired) electrons. The highest BCUT2D eigenvalue weighted by Crippen LogP contribution is 2.21. The first kappa shape index (κ1) is 16.1. The third-order valence-electron chi connectivity index (χ3n) is 3.99. The number of pyridine rings is 1. The van der Waals surface area contributed by atoms with Gasteiger partial charge in [0.05, 0.1) is 7.11 Å². The number of rotatable bonds is 7. The van der Waals surface area contributed by atoms with Crippen molar-refractivity contribution in [2.24, 2.45) is 0 Å². The van der Waals surface area contributed by atoms with Gasteiger partial charge in [-0.25, -0.2) is 0 Å². The monoisotopic (exact) mass is 323 g/mol. The Bertz CT molecular complexity index is 812. The minimum Gasteiger partial charge on any atom is -0.497 e. The summed E-state index contributed by atoms with van der Waals surface area (Å²) in [5.41, 5.74) is 2.10. The molecule has 5 nitrogen and oxygen atoms in total. The van der Waals surface area contributed by atoms with E-state index in [1.807, 2.05) is 48.7 Å². The molecule has 0 aliphatic rings. The lowest BCUT2D eigenvalue weighted by Crippen LogP contribution is -2.26. The van der Waals surface area contributed by atoms with Gasteiger partial charge >= 0.3 is 0 Å². The van der Waals surface area contributed by atoms with Crippen molar-refractivity contribution >= 4 is 16.8 Å². The van der Waals surface area contributed by atoms with E-state index in [0.29, 0.717) is 19.5 Å². The molecule has 0 unspecified atom stereocenters. The molecular formula is C19H21N3O2. The first-order valence-electron chi connectivity index (χ1n) is 8.06. The molecule has 1 aromatic carbocycles. The zero-order valence-electron chi connectivity index (χ0n) is 13.7. The minimum atomic E-state index is 0.0568. The van der Waals surface area contributed by atoms with Crippen LogP contribution < -0.4 is 10.1 Å². The fourth-order valence-electron chi connectivity index (χ4n) is 2.69. The van der Waals surface area contributed by atoms with Gasteiger partial charge in [0.2, 0.25) is 5.91 Å². The van der Waals surface area contributed by atoms with Gasteiger partial charge in [-0.1, -0.05) is 6.07 Å². The minimum absolute atomic E-state index is 0.0568. The summed E-state index contributed by atoms with van der Waals surface area (Å²) >= 11 is 0. The lowest BCUT2D eigenvalue weighted by Gasteiger charge is -2.07. The maximum absolute atomic E-state index is 12.0. The normalized spacial score (nSPS) is 10.7. The van der Waals surface area contributed by atoms with Crippen molar-refractivity contribution in [2.75, 3.05) is 13.7 Å². The highest BCUT2D eigenvalue weighted by atomic mass is 16.5. The summed E-state index contributed by atoms with van der Waals surface area (Å²) < 4.78 is 7.32. The van der Waals surface area contributed by atoms with Gasteiger partial charge in [-0.2, -0.15) is 0 Å². The largest absolute Gasteiger partial charge is 0.497 e. The van der Waals surface area contributed by atoms with Gasteiger partial charge in [0.15, 0.2) is 0 Å². The average Bonchev–Trinajstić information content (AvgIpc) is 3.03. The molecular weight excluding hydrogens is 302 g/mol. The fourth-order valence-corrected chi connectivity index (χ4v) is 2.69. The fraction of sp³-hybridized carbons (Fsp3) is 0.263. The second-order valence-corrected chi connectivity index (χ2v) is 5.60. The summed E-state index contributed by atoms with van der Waals surface area (Å²) in [6, 6.07) is 13.8. The van der Waals surface area contributed by atoms with E-state index in [9.17, 15) is 4.79 Å². The zero-order chi connectivity index (χ0) is 16.8. The Kier molecular flexibility index (Phi) is 5.11. The molecule has 0 fully saturated rings. The van der Waals surface area contributed by atoms with Crippen LogP contribution in [-0.2, 0) is 17.8 Å². The Morgan fingerprint density at radius 1 is 1.25 bits per heavy atom. The van der Waals surface area contributed by atoms with Crippen LogP contribution in [0.2, 0.25) is 0 Å². The lowest BCUT2D eigenvalue weighted by atomic mass is 10.2. The molecule has 1 amide bonds. The van der Waals surface area contributed by atoms with Crippen LogP contribution in [0.1, 0.15) is 12.1 Å². The quantitative estimate of drug-likeness (QED) is 0.727. The second kappa shape index (κ2) is 7.64. The van der Waals surface area contributed by atoms with Crippen LogP contribution in [0, 0.1) is 0 Å². The van der Waals surface area contributed by atoms with Crippen molar-refractivity contribution in [1.82, 2.24) is 14.9 Å². The Morgan fingerprint density at radius 3 is 2.96 bits per heavy atom. The second-order valence-electron chi connectivity index (χ2n) is 5.60. The molecule has 0 atom stereocenters. The predicted molar refractivity (Wildman–Crippen MR) is 94.1 cm³/mol. The summed E-state index contributed by atoms with van der Waals surface area (Å²) in [5, 5.41) is 4.06. The Morgan fingerprint density at radius 2 is 2.17 bits per heavy atom. The average molecular weight is 323 g/mol. The van der Waals surface area contributed by atoms with Gasteiger partial charge in [-0.15, -0.1) is 0 Å². The van der Waals surface area contributed by atoms with Crippen LogP contribution in [0.3, 0.4) is 0 Å². The van der Waals surface area contributed by atoms with Crippen molar-refractivity contribution in [2.45, 2.75) is 19.4 Å². The maximum Gasteiger partial charge on any atom is 0.221 e. The van der Waals surface area contributed by atoms with Crippen molar-refractivity contribution in [3.05, 3.63) is 60.6 Å². The van der Waals surface area contributed by atoms with E-state index in [1.165, 1.54) is 0 Å². The van der Waals surface area contributed by atoms with Crippen LogP contribution in [0.5, 0.6) is 5.75 Å². The van der Waals surface area contributed by atoms with E-state index >= 15 is 0 Å². The summed E-state index contributed by atoms with van der Waals surface area (Å²) in [4.78, 5) is 16.2. The number of amides is 1. The molecule has 0 spiro atoms. The van der Waals surface area contributed by atoms with Crippen LogP contribution >= 0.6 is 0 Å². The van der Waals surface area contributed by atoms with Gasteiger partial charge in [-0.05, 0) is 36.4 Å². The number of methoxy groups -OCH3 is 1. The zero-order valence-corrected chi connectivity index (χ0v) is 13.7.